The number of amides is 1. The zero-order valence-electron chi connectivity index (χ0n) is 20.2. The number of hydrogen-bond donors (Lipinski definition) is 2. The fourth-order valence-electron chi connectivity index (χ4n) is 4.06. The van der Waals surface area contributed by atoms with Crippen molar-refractivity contribution in [3.8, 4) is 11.4 Å². The number of nitrogens with zero attached hydrogens (tertiary/aromatic N) is 2. The van der Waals surface area contributed by atoms with Crippen LogP contribution >= 0.6 is 0 Å². The second-order valence-corrected chi connectivity index (χ2v) is 9.01. The summed E-state index contributed by atoms with van der Waals surface area (Å²) in [6, 6.07) is 17.8. The first kappa shape index (κ1) is 25.3. The number of primary amides is 1. The van der Waals surface area contributed by atoms with Crippen LogP contribution in [0.4, 0.5) is 0 Å². The van der Waals surface area contributed by atoms with E-state index in [1.807, 2.05) is 48.5 Å². The summed E-state index contributed by atoms with van der Waals surface area (Å²) in [5.74, 6) is -0.376. The van der Waals surface area contributed by atoms with Gasteiger partial charge in [-0.15, -0.1) is 0 Å². The first-order chi connectivity index (χ1) is 16.3. The predicted octanol–water partition coefficient (Wildman–Crippen LogP) is 4.71. The molecule has 3 N–H and O–H groups in total. The minimum absolute atomic E-state index is 0.00926. The monoisotopic (exact) mass is 465 g/mol. The van der Waals surface area contributed by atoms with E-state index in [4.69, 9.17) is 10.5 Å². The molecule has 182 valence electrons. The molecule has 4 rings (SSSR count). The molecule has 0 aliphatic carbocycles. The summed E-state index contributed by atoms with van der Waals surface area (Å²) >= 11 is 0. The predicted molar refractivity (Wildman–Crippen MR) is 135 cm³/mol. The van der Waals surface area contributed by atoms with Crippen molar-refractivity contribution in [1.29, 1.82) is 0 Å². The molecular formula is C27H35N3O4. The highest BCUT2D eigenvalue weighted by Crippen LogP contribution is 2.26. The van der Waals surface area contributed by atoms with E-state index in [1.165, 1.54) is 19.4 Å². The number of carboxylic acid groups (broad SMARTS) is 1. The van der Waals surface area contributed by atoms with E-state index in [9.17, 15) is 14.7 Å². The molecular weight excluding hydrogens is 430 g/mol. The Bertz CT molecular complexity index is 1100. The minimum atomic E-state index is -0.937. The van der Waals surface area contributed by atoms with Crippen molar-refractivity contribution in [2.24, 2.45) is 11.7 Å². The molecule has 3 aromatic rings. The standard InChI is InChI=1S/C23H26N2O3.C4H9NO/c1-17-6-4-13-24(17)14-5-15-28-20-11-9-19(10-12-20)25-21-8-3-2-7-18(21)16-22(25)23(26)27;1-3(2)4(5)6/h2-3,7-12,16-17H,4-6,13-15H2,1H3,(H,26,27);3H,1-2H3,(H2,5,6)/t17-;/m1./s1. The van der Waals surface area contributed by atoms with Crippen LogP contribution in [0.2, 0.25) is 0 Å². The van der Waals surface area contributed by atoms with E-state index in [-0.39, 0.29) is 17.5 Å². The van der Waals surface area contributed by atoms with Crippen molar-refractivity contribution in [3.05, 3.63) is 60.3 Å². The Hall–Kier alpha value is -3.32. The molecule has 1 aromatic heterocycles. The SMILES string of the molecule is CC(C)C(N)=O.C[C@@H]1CCCN1CCCOc1ccc(-n2c(C(=O)O)cc3ccccc32)cc1. The van der Waals surface area contributed by atoms with Gasteiger partial charge in [-0.05, 0) is 69.1 Å². The Labute approximate surface area is 201 Å². The number of para-hydroxylation sites is 1. The van der Waals surface area contributed by atoms with Crippen LogP contribution < -0.4 is 10.5 Å². The number of carboxylic acids is 1. The molecule has 34 heavy (non-hydrogen) atoms. The first-order valence-corrected chi connectivity index (χ1v) is 11.9. The van der Waals surface area contributed by atoms with Crippen LogP contribution in [0.3, 0.4) is 0 Å². The molecule has 0 bridgehead atoms. The van der Waals surface area contributed by atoms with Gasteiger partial charge in [0.1, 0.15) is 11.4 Å². The fourth-order valence-corrected chi connectivity index (χ4v) is 4.06. The van der Waals surface area contributed by atoms with Crippen LogP contribution in [0.15, 0.2) is 54.6 Å². The minimum Gasteiger partial charge on any atom is -0.494 e. The Morgan fingerprint density at radius 2 is 1.82 bits per heavy atom. The summed E-state index contributed by atoms with van der Waals surface area (Å²) in [6.07, 6.45) is 3.61. The molecule has 1 fully saturated rings. The fraction of sp³-hybridized carbons (Fsp3) is 0.407. The lowest BCUT2D eigenvalue weighted by atomic mass is 10.2. The molecule has 0 saturated carbocycles. The highest BCUT2D eigenvalue weighted by molar-refractivity contribution is 5.96. The third-order valence-corrected chi connectivity index (χ3v) is 6.14. The maximum absolute atomic E-state index is 11.7. The van der Waals surface area contributed by atoms with Gasteiger partial charge < -0.3 is 25.0 Å². The molecule has 0 radical (unpaired) electrons. The van der Waals surface area contributed by atoms with E-state index in [1.54, 1.807) is 24.5 Å². The topological polar surface area (TPSA) is 97.8 Å². The van der Waals surface area contributed by atoms with E-state index in [2.05, 4.69) is 11.8 Å². The number of rotatable bonds is 8. The molecule has 2 aromatic carbocycles. The quantitative estimate of drug-likeness (QED) is 0.470. The molecule has 1 amide bonds. The van der Waals surface area contributed by atoms with Gasteiger partial charge in [0.25, 0.3) is 0 Å². The molecule has 0 unspecified atom stereocenters. The number of ether oxygens (including phenoxy) is 1. The van der Waals surface area contributed by atoms with Crippen molar-refractivity contribution in [2.75, 3.05) is 19.7 Å². The molecule has 2 heterocycles. The van der Waals surface area contributed by atoms with Crippen LogP contribution in [0, 0.1) is 5.92 Å². The van der Waals surface area contributed by atoms with Gasteiger partial charge in [-0.25, -0.2) is 4.79 Å². The summed E-state index contributed by atoms with van der Waals surface area (Å²) in [4.78, 5) is 24.1. The van der Waals surface area contributed by atoms with Crippen molar-refractivity contribution in [2.45, 2.75) is 46.1 Å². The van der Waals surface area contributed by atoms with Gasteiger partial charge in [-0.1, -0.05) is 32.0 Å². The van der Waals surface area contributed by atoms with Crippen molar-refractivity contribution < 1.29 is 19.4 Å². The van der Waals surface area contributed by atoms with Gasteiger partial charge in [0, 0.05) is 29.6 Å². The summed E-state index contributed by atoms with van der Waals surface area (Å²) < 4.78 is 7.66. The number of nitrogens with two attached hydrogens (primary N) is 1. The highest BCUT2D eigenvalue weighted by atomic mass is 16.5. The van der Waals surface area contributed by atoms with Crippen LogP contribution in [-0.4, -0.2) is 52.2 Å². The number of carbonyl (C=O) groups excluding carboxylic acids is 1. The Kier molecular flexibility index (Phi) is 8.71. The Morgan fingerprint density at radius 1 is 1.15 bits per heavy atom. The zero-order valence-corrected chi connectivity index (χ0v) is 20.2. The van der Waals surface area contributed by atoms with Gasteiger partial charge in [0.15, 0.2) is 0 Å². The van der Waals surface area contributed by atoms with Crippen LogP contribution in [0.5, 0.6) is 5.75 Å². The number of carbonyl (C=O) groups is 2. The normalized spacial score (nSPS) is 15.8. The largest absolute Gasteiger partial charge is 0.494 e. The van der Waals surface area contributed by atoms with E-state index in [0.29, 0.717) is 12.6 Å². The second kappa shape index (κ2) is 11.7. The van der Waals surface area contributed by atoms with Crippen molar-refractivity contribution in [1.82, 2.24) is 9.47 Å². The zero-order chi connectivity index (χ0) is 24.7. The highest BCUT2D eigenvalue weighted by Gasteiger charge is 2.19. The molecule has 7 nitrogen and oxygen atoms in total. The second-order valence-electron chi connectivity index (χ2n) is 9.01. The average molecular weight is 466 g/mol. The number of aromatic carboxylic acids is 1. The van der Waals surface area contributed by atoms with Crippen LogP contribution in [-0.2, 0) is 4.79 Å². The van der Waals surface area contributed by atoms with Gasteiger partial charge in [0.2, 0.25) is 5.91 Å². The van der Waals surface area contributed by atoms with Gasteiger partial charge in [-0.2, -0.15) is 0 Å². The summed E-state index contributed by atoms with van der Waals surface area (Å²) in [5, 5.41) is 10.5. The van der Waals surface area contributed by atoms with Crippen LogP contribution in [0.1, 0.15) is 50.5 Å². The number of hydrogen-bond acceptors (Lipinski definition) is 4. The van der Waals surface area contributed by atoms with E-state index in [0.717, 1.165) is 35.3 Å². The summed E-state index contributed by atoms with van der Waals surface area (Å²) in [7, 11) is 0. The lowest BCUT2D eigenvalue weighted by Gasteiger charge is -2.20. The molecule has 1 aliphatic heterocycles. The molecule has 1 atom stereocenters. The number of aromatic nitrogens is 1. The molecule has 7 heteroatoms. The smallest absolute Gasteiger partial charge is 0.352 e. The Balaban J connectivity index is 0.000000481. The summed E-state index contributed by atoms with van der Waals surface area (Å²) in [5.41, 5.74) is 6.75. The molecule has 1 aliphatic rings. The van der Waals surface area contributed by atoms with Gasteiger partial charge in [0.05, 0.1) is 12.1 Å². The van der Waals surface area contributed by atoms with Gasteiger partial charge in [-0.3, -0.25) is 4.79 Å². The van der Waals surface area contributed by atoms with Crippen molar-refractivity contribution >= 4 is 22.8 Å². The van der Waals surface area contributed by atoms with E-state index >= 15 is 0 Å². The first-order valence-electron chi connectivity index (χ1n) is 11.9. The third-order valence-electron chi connectivity index (χ3n) is 6.14. The lowest BCUT2D eigenvalue weighted by molar-refractivity contribution is -0.120. The third kappa shape index (κ3) is 6.38. The average Bonchev–Trinajstić information content (AvgIpc) is 3.41. The number of fused-ring (bicyclic) bond motifs is 1. The summed E-state index contributed by atoms with van der Waals surface area (Å²) in [6.45, 7) is 8.80. The Morgan fingerprint density at radius 3 is 2.41 bits per heavy atom. The number of likely N-dealkylation sites (tertiary alicyclic amines) is 1. The van der Waals surface area contributed by atoms with Gasteiger partial charge >= 0.3 is 5.97 Å². The maximum atomic E-state index is 11.7. The molecule has 1 saturated heterocycles. The lowest BCUT2D eigenvalue weighted by Crippen LogP contribution is -2.28. The molecule has 0 spiro atoms. The maximum Gasteiger partial charge on any atom is 0.352 e. The van der Waals surface area contributed by atoms with E-state index < -0.39 is 5.97 Å². The number of benzene rings is 2. The van der Waals surface area contributed by atoms with Crippen LogP contribution in [0.25, 0.3) is 16.6 Å². The van der Waals surface area contributed by atoms with Crippen molar-refractivity contribution in [3.63, 3.8) is 0 Å².